The number of piperidine rings is 1. The van der Waals surface area contributed by atoms with E-state index >= 15 is 0 Å². The molecule has 9 heteroatoms. The van der Waals surface area contributed by atoms with E-state index in [4.69, 9.17) is 0 Å². The number of rotatable bonds is 7. The van der Waals surface area contributed by atoms with Crippen molar-refractivity contribution in [2.45, 2.75) is 31.0 Å². The van der Waals surface area contributed by atoms with Gasteiger partial charge in [0.1, 0.15) is 5.82 Å². The second kappa shape index (κ2) is 10.3. The quantitative estimate of drug-likeness (QED) is 0.287. The summed E-state index contributed by atoms with van der Waals surface area (Å²) >= 11 is 1.35. The molecular weight excluding hydrogens is 487 g/mol. The number of anilines is 2. The molecule has 3 heterocycles. The van der Waals surface area contributed by atoms with Crippen molar-refractivity contribution in [3.8, 4) is 0 Å². The van der Waals surface area contributed by atoms with Crippen molar-refractivity contribution in [2.75, 3.05) is 29.1 Å². The van der Waals surface area contributed by atoms with Gasteiger partial charge in [-0.1, -0.05) is 36.0 Å². The molecule has 1 aliphatic rings. The largest absolute Gasteiger partial charge is 0.372 e. The van der Waals surface area contributed by atoms with Crippen LogP contribution in [0.1, 0.15) is 24.8 Å². The first kappa shape index (κ1) is 23.5. The van der Waals surface area contributed by atoms with Crippen molar-refractivity contribution >= 4 is 45.9 Å². The summed E-state index contributed by atoms with van der Waals surface area (Å²) in [7, 11) is 0. The number of aromatic nitrogens is 4. The van der Waals surface area contributed by atoms with Crippen LogP contribution in [0, 0.1) is 5.82 Å². The van der Waals surface area contributed by atoms with Gasteiger partial charge in [-0.15, -0.1) is 10.2 Å². The van der Waals surface area contributed by atoms with Crippen molar-refractivity contribution < 1.29 is 9.18 Å². The molecule has 2 aromatic heterocycles. The van der Waals surface area contributed by atoms with Crippen molar-refractivity contribution in [3.05, 3.63) is 84.2 Å². The topological polar surface area (TPSA) is 67.5 Å². The Morgan fingerprint density at radius 3 is 2.38 bits per heavy atom. The van der Waals surface area contributed by atoms with Gasteiger partial charge in [0.15, 0.2) is 5.16 Å². The zero-order valence-electron chi connectivity index (χ0n) is 20.3. The van der Waals surface area contributed by atoms with Crippen LogP contribution in [0.25, 0.3) is 16.8 Å². The van der Waals surface area contributed by atoms with Crippen LogP contribution < -0.4 is 10.2 Å². The van der Waals surface area contributed by atoms with Gasteiger partial charge in [-0.25, -0.2) is 4.39 Å². The summed E-state index contributed by atoms with van der Waals surface area (Å²) in [6.07, 6.45) is 3.77. The maximum absolute atomic E-state index is 13.4. The first-order valence-electron chi connectivity index (χ1n) is 12.5. The summed E-state index contributed by atoms with van der Waals surface area (Å²) in [6.45, 7) is 2.72. The molecule has 37 heavy (non-hydrogen) atoms. The highest BCUT2D eigenvalue weighted by atomic mass is 32.2. The minimum absolute atomic E-state index is 0.0949. The molecule has 188 valence electrons. The molecule has 5 aromatic rings. The van der Waals surface area contributed by atoms with E-state index in [1.165, 1.54) is 48.8 Å². The number of imidazole rings is 1. The minimum atomic E-state index is -0.261. The van der Waals surface area contributed by atoms with Crippen LogP contribution in [0.4, 0.5) is 15.8 Å². The molecule has 0 atom stereocenters. The Labute approximate surface area is 218 Å². The number of fused-ring (bicyclic) bond motifs is 3. The predicted octanol–water partition coefficient (Wildman–Crippen LogP) is 5.59. The molecule has 0 saturated carbocycles. The van der Waals surface area contributed by atoms with Crippen LogP contribution in [0.15, 0.2) is 78.0 Å². The Kier molecular flexibility index (Phi) is 6.53. The van der Waals surface area contributed by atoms with E-state index in [2.05, 4.69) is 37.1 Å². The average Bonchev–Trinajstić information content (AvgIpc) is 3.49. The van der Waals surface area contributed by atoms with Crippen LogP contribution in [0.5, 0.6) is 0 Å². The summed E-state index contributed by atoms with van der Waals surface area (Å²) in [4.78, 5) is 15.1. The fourth-order valence-corrected chi connectivity index (χ4v) is 5.63. The van der Waals surface area contributed by atoms with Gasteiger partial charge >= 0.3 is 0 Å². The summed E-state index contributed by atoms with van der Waals surface area (Å²) in [6, 6.07) is 22.5. The lowest BCUT2D eigenvalue weighted by Crippen LogP contribution is -2.29. The average molecular weight is 515 g/mol. The molecule has 1 saturated heterocycles. The number of carbonyl (C=O) groups is 1. The minimum Gasteiger partial charge on any atom is -0.372 e. The van der Waals surface area contributed by atoms with Crippen molar-refractivity contribution in [1.29, 1.82) is 0 Å². The highest BCUT2D eigenvalue weighted by Gasteiger charge is 2.18. The number of thioether (sulfide) groups is 1. The van der Waals surface area contributed by atoms with E-state index in [-0.39, 0.29) is 17.5 Å². The summed E-state index contributed by atoms with van der Waals surface area (Å²) in [5.41, 5.74) is 4.91. The third kappa shape index (κ3) is 4.91. The zero-order chi connectivity index (χ0) is 25.2. The number of amides is 1. The molecular formula is C28H27FN6OS. The van der Waals surface area contributed by atoms with E-state index < -0.39 is 0 Å². The van der Waals surface area contributed by atoms with Crippen LogP contribution in [0.2, 0.25) is 0 Å². The standard InChI is InChI=1S/C28H27FN6OS/c29-21-10-8-20(9-11-21)18-34-24-6-2-3-7-25(24)35-27(34)31-32-28(35)37-19-26(36)30-22-12-14-23(15-13-22)33-16-4-1-5-17-33/h2-3,6-15H,1,4-5,16-19H2,(H,30,36). The molecule has 0 spiro atoms. The number of halogens is 1. The van der Waals surface area contributed by atoms with Gasteiger partial charge < -0.3 is 14.8 Å². The molecule has 1 N–H and O–H groups in total. The summed E-state index contributed by atoms with van der Waals surface area (Å²) in [5.74, 6) is 0.541. The van der Waals surface area contributed by atoms with Crippen molar-refractivity contribution in [2.24, 2.45) is 0 Å². The number of hydrogen-bond donors (Lipinski definition) is 1. The Morgan fingerprint density at radius 1 is 0.892 bits per heavy atom. The highest BCUT2D eigenvalue weighted by molar-refractivity contribution is 7.99. The van der Waals surface area contributed by atoms with E-state index in [1.807, 2.05) is 40.8 Å². The van der Waals surface area contributed by atoms with Crippen LogP contribution in [-0.4, -0.2) is 43.9 Å². The third-order valence-corrected chi connectivity index (χ3v) is 7.66. The lowest BCUT2D eigenvalue weighted by atomic mass is 10.1. The normalized spacial score (nSPS) is 13.9. The van der Waals surface area contributed by atoms with E-state index in [1.54, 1.807) is 12.1 Å². The SMILES string of the molecule is O=C(CSc1nnc2n(Cc3ccc(F)cc3)c3ccccc3n12)Nc1ccc(N2CCCCC2)cc1. The maximum Gasteiger partial charge on any atom is 0.237 e. The molecule has 6 rings (SSSR count). The second-order valence-electron chi connectivity index (χ2n) is 9.25. The Bertz CT molecular complexity index is 1540. The molecule has 1 aliphatic heterocycles. The number of para-hydroxylation sites is 2. The van der Waals surface area contributed by atoms with Gasteiger partial charge in [-0.2, -0.15) is 0 Å². The van der Waals surface area contributed by atoms with Crippen LogP contribution in [0.3, 0.4) is 0 Å². The van der Waals surface area contributed by atoms with E-state index in [0.717, 1.165) is 35.4 Å². The molecule has 1 fully saturated rings. The predicted molar refractivity (Wildman–Crippen MR) is 146 cm³/mol. The van der Waals surface area contributed by atoms with E-state index in [0.29, 0.717) is 17.5 Å². The third-order valence-electron chi connectivity index (χ3n) is 6.73. The number of hydrogen-bond acceptors (Lipinski definition) is 5. The van der Waals surface area contributed by atoms with Crippen molar-refractivity contribution in [1.82, 2.24) is 19.2 Å². The summed E-state index contributed by atoms with van der Waals surface area (Å²) in [5, 5.41) is 12.4. The van der Waals surface area contributed by atoms with Crippen molar-refractivity contribution in [3.63, 3.8) is 0 Å². The zero-order valence-corrected chi connectivity index (χ0v) is 21.1. The van der Waals surface area contributed by atoms with E-state index in [9.17, 15) is 9.18 Å². The monoisotopic (exact) mass is 514 g/mol. The molecule has 0 bridgehead atoms. The number of nitrogens with one attached hydrogen (secondary N) is 1. The first-order valence-corrected chi connectivity index (χ1v) is 13.5. The molecule has 0 aliphatic carbocycles. The number of carbonyl (C=O) groups excluding carboxylic acids is 1. The highest BCUT2D eigenvalue weighted by Crippen LogP contribution is 2.27. The summed E-state index contributed by atoms with van der Waals surface area (Å²) < 4.78 is 17.4. The maximum atomic E-state index is 13.4. The Balaban J connectivity index is 1.17. The van der Waals surface area contributed by atoms with Gasteiger partial charge in [0, 0.05) is 24.5 Å². The number of nitrogens with zero attached hydrogens (tertiary/aromatic N) is 5. The molecule has 7 nitrogen and oxygen atoms in total. The van der Waals surface area contributed by atoms with Crippen LogP contribution in [-0.2, 0) is 11.3 Å². The van der Waals surface area contributed by atoms with Gasteiger partial charge in [0.2, 0.25) is 11.7 Å². The Morgan fingerprint density at radius 2 is 1.62 bits per heavy atom. The number of benzene rings is 3. The smallest absolute Gasteiger partial charge is 0.237 e. The Hall–Kier alpha value is -3.85. The fourth-order valence-electron chi connectivity index (χ4n) is 4.89. The van der Waals surface area contributed by atoms with Gasteiger partial charge in [-0.3, -0.25) is 9.20 Å². The molecule has 0 unspecified atom stereocenters. The second-order valence-corrected chi connectivity index (χ2v) is 10.2. The van der Waals surface area contributed by atoms with Crippen LogP contribution >= 0.6 is 11.8 Å². The van der Waals surface area contributed by atoms with Gasteiger partial charge in [0.05, 0.1) is 23.3 Å². The fraction of sp³-hybridized carbons (Fsp3) is 0.250. The van der Waals surface area contributed by atoms with Gasteiger partial charge in [0.25, 0.3) is 0 Å². The lowest BCUT2D eigenvalue weighted by Gasteiger charge is -2.28. The first-order chi connectivity index (χ1) is 18.2. The molecule has 1 amide bonds. The van der Waals surface area contributed by atoms with Gasteiger partial charge in [-0.05, 0) is 73.4 Å². The molecule has 3 aromatic carbocycles. The lowest BCUT2D eigenvalue weighted by molar-refractivity contribution is -0.113. The molecule has 0 radical (unpaired) electrons.